The molecule has 37 heavy (non-hydrogen) atoms. The van der Waals surface area contributed by atoms with E-state index in [-0.39, 0.29) is 29.7 Å². The molecule has 1 aromatic heterocycles. The van der Waals surface area contributed by atoms with Crippen LogP contribution < -0.4 is 11.0 Å². The number of aromatic hydroxyl groups is 1. The number of hydrogen-bond acceptors (Lipinski definition) is 3. The number of amides is 2. The molecule has 182 valence electrons. The largest absolute Gasteiger partial charge is 0.493 e. The van der Waals surface area contributed by atoms with Crippen molar-refractivity contribution >= 4 is 22.5 Å². The van der Waals surface area contributed by atoms with Gasteiger partial charge in [-0.1, -0.05) is 84.9 Å². The average Bonchev–Trinajstić information content (AvgIpc) is 3.60. The summed E-state index contributed by atoms with van der Waals surface area (Å²) in [6.07, 6.45) is 0.613. The van der Waals surface area contributed by atoms with E-state index in [1.165, 1.54) is 4.57 Å². The molecule has 7 heteroatoms. The predicted octanol–water partition coefficient (Wildman–Crippen LogP) is 5.70. The number of nitrogens with zero attached hydrogens (tertiary/aromatic N) is 3. The summed E-state index contributed by atoms with van der Waals surface area (Å²) >= 11 is 0. The van der Waals surface area contributed by atoms with E-state index in [1.54, 1.807) is 9.47 Å². The molecule has 3 heterocycles. The number of likely N-dealkylation sites (tertiary alicyclic amines) is 1. The van der Waals surface area contributed by atoms with Gasteiger partial charge in [-0.05, 0) is 29.5 Å². The third-order valence-corrected chi connectivity index (χ3v) is 7.58. The Morgan fingerprint density at radius 2 is 1.59 bits per heavy atom. The summed E-state index contributed by atoms with van der Waals surface area (Å²) in [5.74, 6) is -0.101. The van der Waals surface area contributed by atoms with E-state index in [0.29, 0.717) is 24.3 Å². The summed E-state index contributed by atoms with van der Waals surface area (Å²) in [6.45, 7) is 0.413. The zero-order valence-corrected chi connectivity index (χ0v) is 19.9. The molecule has 7 rings (SSSR count). The van der Waals surface area contributed by atoms with Gasteiger partial charge < -0.3 is 15.3 Å². The van der Waals surface area contributed by atoms with Crippen LogP contribution in [0, 0.1) is 0 Å². The molecule has 2 bridgehead atoms. The van der Waals surface area contributed by atoms with E-state index in [1.807, 2.05) is 97.1 Å². The van der Waals surface area contributed by atoms with Gasteiger partial charge in [0.2, 0.25) is 5.88 Å². The quantitative estimate of drug-likeness (QED) is 0.342. The molecular formula is C30H24N4O3. The molecule has 1 saturated heterocycles. The smallest absolute Gasteiger partial charge is 0.336 e. The van der Waals surface area contributed by atoms with Gasteiger partial charge in [0.1, 0.15) is 5.69 Å². The summed E-state index contributed by atoms with van der Waals surface area (Å²) < 4.78 is 3.05. The Morgan fingerprint density at radius 3 is 2.46 bits per heavy atom. The second kappa shape index (κ2) is 8.13. The van der Waals surface area contributed by atoms with Gasteiger partial charge in [0.05, 0.1) is 23.5 Å². The number of imidazole rings is 1. The highest BCUT2D eigenvalue weighted by Gasteiger charge is 2.49. The molecule has 0 aliphatic carbocycles. The van der Waals surface area contributed by atoms with Crippen LogP contribution in [0.3, 0.4) is 0 Å². The fourth-order valence-electron chi connectivity index (χ4n) is 5.94. The monoisotopic (exact) mass is 488 g/mol. The topological polar surface area (TPSA) is 79.5 Å². The van der Waals surface area contributed by atoms with Crippen molar-refractivity contribution in [2.24, 2.45) is 0 Å². The first-order valence-corrected chi connectivity index (χ1v) is 12.4. The maximum Gasteiger partial charge on any atom is 0.336 e. The first-order chi connectivity index (χ1) is 18.1. The van der Waals surface area contributed by atoms with Crippen LogP contribution in [0.1, 0.15) is 24.2 Å². The van der Waals surface area contributed by atoms with Crippen molar-refractivity contribution < 1.29 is 9.90 Å². The van der Waals surface area contributed by atoms with Crippen LogP contribution >= 0.6 is 0 Å². The zero-order valence-electron chi connectivity index (χ0n) is 19.9. The SMILES string of the molecule is O=C(Nc1ccccc1-c1ccccc1)N1CC2CC1c1c(O)n(-c3cccc4ccccc34)c(=O)n12. The van der Waals surface area contributed by atoms with E-state index in [2.05, 4.69) is 5.32 Å². The fraction of sp³-hybridized carbons (Fsp3) is 0.133. The summed E-state index contributed by atoms with van der Waals surface area (Å²) in [4.78, 5) is 28.7. The van der Waals surface area contributed by atoms with Crippen molar-refractivity contribution in [3.63, 3.8) is 0 Å². The lowest BCUT2D eigenvalue weighted by molar-refractivity contribution is 0.198. The Hall–Kier alpha value is -4.78. The molecule has 0 saturated carbocycles. The number of fused-ring (bicyclic) bond motifs is 6. The molecular weight excluding hydrogens is 464 g/mol. The first-order valence-electron chi connectivity index (χ1n) is 12.4. The Morgan fingerprint density at radius 1 is 0.865 bits per heavy atom. The van der Waals surface area contributed by atoms with Crippen LogP contribution in [0.4, 0.5) is 10.5 Å². The predicted molar refractivity (Wildman–Crippen MR) is 143 cm³/mol. The van der Waals surface area contributed by atoms with Gasteiger partial charge in [-0.3, -0.25) is 4.57 Å². The Balaban J connectivity index is 1.24. The minimum Gasteiger partial charge on any atom is -0.493 e. The van der Waals surface area contributed by atoms with Gasteiger partial charge in [0.15, 0.2) is 0 Å². The fourth-order valence-corrected chi connectivity index (χ4v) is 5.94. The van der Waals surface area contributed by atoms with Crippen molar-refractivity contribution in [1.82, 2.24) is 14.0 Å². The van der Waals surface area contributed by atoms with Gasteiger partial charge in [-0.25, -0.2) is 14.2 Å². The Labute approximate surface area is 212 Å². The number of benzene rings is 4. The molecule has 7 nitrogen and oxygen atoms in total. The molecule has 2 unspecified atom stereocenters. The number of nitrogens with one attached hydrogen (secondary N) is 1. The van der Waals surface area contributed by atoms with Crippen LogP contribution in [0.5, 0.6) is 5.88 Å². The first kappa shape index (κ1) is 21.5. The molecule has 4 aromatic carbocycles. The van der Waals surface area contributed by atoms with Gasteiger partial charge in [0, 0.05) is 17.5 Å². The molecule has 0 spiro atoms. The van der Waals surface area contributed by atoms with Crippen LogP contribution in [-0.4, -0.2) is 31.7 Å². The standard InChI is InChI=1S/C30H24N4O3/c35-28-27-26-17-21(33(27)30(37)34(28)25-16-8-12-20-11-4-5-14-23(20)25)18-32(26)29(36)31-24-15-7-6-13-22(24)19-9-2-1-3-10-19/h1-16,21,26,35H,17-18H2,(H,31,36). The lowest BCUT2D eigenvalue weighted by Crippen LogP contribution is -2.40. The molecule has 2 aliphatic heterocycles. The van der Waals surface area contributed by atoms with Crippen LogP contribution in [-0.2, 0) is 0 Å². The van der Waals surface area contributed by atoms with Crippen molar-refractivity contribution in [3.05, 3.63) is 113 Å². The maximum atomic E-state index is 13.5. The van der Waals surface area contributed by atoms with Crippen LogP contribution in [0.25, 0.3) is 27.6 Å². The number of aromatic nitrogens is 2. The highest BCUT2D eigenvalue weighted by molar-refractivity contribution is 5.95. The number of urea groups is 1. The summed E-state index contributed by atoms with van der Waals surface area (Å²) in [7, 11) is 0. The van der Waals surface area contributed by atoms with E-state index >= 15 is 0 Å². The minimum absolute atomic E-state index is 0.101. The normalized spacial score (nSPS) is 17.8. The highest BCUT2D eigenvalue weighted by Crippen LogP contribution is 2.49. The Bertz CT molecular complexity index is 1730. The van der Waals surface area contributed by atoms with Gasteiger partial charge in [-0.2, -0.15) is 0 Å². The number of carbonyl (C=O) groups is 1. The van der Waals surface area contributed by atoms with Gasteiger partial charge >= 0.3 is 11.7 Å². The number of hydrogen-bond donors (Lipinski definition) is 2. The number of carbonyl (C=O) groups excluding carboxylic acids is 1. The minimum atomic E-state index is -0.377. The third-order valence-electron chi connectivity index (χ3n) is 7.58. The average molecular weight is 489 g/mol. The Kier molecular flexibility index (Phi) is 4.72. The lowest BCUT2D eigenvalue weighted by Gasteiger charge is -2.28. The number of rotatable bonds is 3. The molecule has 5 aromatic rings. The van der Waals surface area contributed by atoms with Gasteiger partial charge in [-0.15, -0.1) is 0 Å². The molecule has 2 amide bonds. The summed E-state index contributed by atoms with van der Waals surface area (Å²) in [6, 6.07) is 30.3. The van der Waals surface area contributed by atoms with E-state index in [4.69, 9.17) is 0 Å². The van der Waals surface area contributed by atoms with Crippen molar-refractivity contribution in [2.75, 3.05) is 11.9 Å². The zero-order chi connectivity index (χ0) is 25.1. The van der Waals surface area contributed by atoms with Crippen molar-refractivity contribution in [2.45, 2.75) is 18.5 Å². The molecule has 2 atom stereocenters. The van der Waals surface area contributed by atoms with Crippen LogP contribution in [0.2, 0.25) is 0 Å². The molecule has 2 N–H and O–H groups in total. The van der Waals surface area contributed by atoms with Crippen molar-refractivity contribution in [1.29, 1.82) is 0 Å². The number of anilines is 1. The van der Waals surface area contributed by atoms with E-state index in [9.17, 15) is 14.7 Å². The van der Waals surface area contributed by atoms with E-state index < -0.39 is 0 Å². The highest BCUT2D eigenvalue weighted by atomic mass is 16.3. The van der Waals surface area contributed by atoms with E-state index in [0.717, 1.165) is 27.6 Å². The lowest BCUT2D eigenvalue weighted by atomic mass is 10.0. The molecule has 1 fully saturated rings. The summed E-state index contributed by atoms with van der Waals surface area (Å²) in [5, 5.41) is 16.3. The third kappa shape index (κ3) is 3.20. The van der Waals surface area contributed by atoms with Gasteiger partial charge in [0.25, 0.3) is 0 Å². The molecule has 0 radical (unpaired) electrons. The number of para-hydroxylation sites is 1. The second-order valence-corrected chi connectivity index (χ2v) is 9.59. The van der Waals surface area contributed by atoms with Crippen LogP contribution in [0.15, 0.2) is 102 Å². The molecule has 2 aliphatic rings. The summed E-state index contributed by atoms with van der Waals surface area (Å²) in [5.41, 5.74) is 3.53. The second-order valence-electron chi connectivity index (χ2n) is 9.59. The maximum absolute atomic E-state index is 13.5. The van der Waals surface area contributed by atoms with Crippen molar-refractivity contribution in [3.8, 4) is 22.7 Å².